The zero-order chi connectivity index (χ0) is 12.2. The van der Waals surface area contributed by atoms with Crippen molar-refractivity contribution >= 4 is 10.9 Å². The molecule has 1 atom stereocenters. The summed E-state index contributed by atoms with van der Waals surface area (Å²) in [5, 5.41) is -0.124. The molecule has 0 amide bonds. The summed E-state index contributed by atoms with van der Waals surface area (Å²) < 4.78 is 40.4. The monoisotopic (exact) mass is 241 g/mol. The second kappa shape index (κ2) is 3.16. The Kier molecular flexibility index (Phi) is 1.86. The number of ether oxygens (including phenoxy) is 2. The van der Waals surface area contributed by atoms with Crippen molar-refractivity contribution in [3.63, 3.8) is 0 Å². The van der Waals surface area contributed by atoms with E-state index in [9.17, 15) is 13.6 Å². The van der Waals surface area contributed by atoms with Gasteiger partial charge < -0.3 is 13.9 Å². The molecule has 0 saturated carbocycles. The molecule has 2 heterocycles. The molecule has 0 spiro atoms. The van der Waals surface area contributed by atoms with E-state index < -0.39 is 23.7 Å². The highest BCUT2D eigenvalue weighted by Crippen LogP contribution is 2.43. The van der Waals surface area contributed by atoms with E-state index in [0.29, 0.717) is 0 Å². The fraction of sp³-hybridized carbons (Fsp3) is 0.200. The van der Waals surface area contributed by atoms with Crippen LogP contribution in [0.3, 0.4) is 0 Å². The number of benzene rings is 1. The van der Waals surface area contributed by atoms with Gasteiger partial charge in [-0.25, -0.2) is 14.2 Å². The smallest absolute Gasteiger partial charge is 0.397 e. The van der Waals surface area contributed by atoms with Crippen molar-refractivity contribution in [2.45, 2.75) is 13.5 Å². The highest BCUT2D eigenvalue weighted by Gasteiger charge is 2.33. The van der Waals surface area contributed by atoms with E-state index in [1.165, 1.54) is 6.92 Å². The molecule has 1 aromatic carbocycles. The van der Waals surface area contributed by atoms with Crippen LogP contribution in [0.5, 0.6) is 11.5 Å². The van der Waals surface area contributed by atoms with Crippen molar-refractivity contribution in [1.82, 2.24) is 4.98 Å². The van der Waals surface area contributed by atoms with E-state index in [4.69, 9.17) is 0 Å². The number of aryl methyl sites for hydroxylation is 1. The fourth-order valence-electron chi connectivity index (χ4n) is 1.75. The Labute approximate surface area is 92.6 Å². The summed E-state index contributed by atoms with van der Waals surface area (Å²) in [4.78, 5) is 15.3. The van der Waals surface area contributed by atoms with Gasteiger partial charge in [-0.3, -0.25) is 0 Å². The number of alkyl halides is 1. The molecule has 0 bridgehead atoms. The van der Waals surface area contributed by atoms with E-state index in [2.05, 4.69) is 18.9 Å². The molecule has 1 unspecified atom stereocenters. The number of hydrogen-bond donors (Lipinski definition) is 0. The summed E-state index contributed by atoms with van der Waals surface area (Å²) in [7, 11) is 0. The number of fused-ring (bicyclic) bond motifs is 3. The number of nitrogens with zero attached hydrogens (tertiary/aromatic N) is 1. The molecule has 1 aliphatic rings. The zero-order valence-corrected chi connectivity index (χ0v) is 8.49. The first-order valence-corrected chi connectivity index (χ1v) is 4.66. The Bertz CT molecular complexity index is 682. The third kappa shape index (κ3) is 1.22. The lowest BCUT2D eigenvalue weighted by Gasteiger charge is -2.04. The van der Waals surface area contributed by atoms with E-state index in [1.54, 1.807) is 0 Å². The first-order valence-electron chi connectivity index (χ1n) is 4.66. The maximum absolute atomic E-state index is 13.8. The van der Waals surface area contributed by atoms with Gasteiger partial charge in [-0.2, -0.15) is 4.39 Å². The molecule has 1 aliphatic heterocycles. The van der Waals surface area contributed by atoms with Crippen LogP contribution in [-0.2, 0) is 0 Å². The molecule has 3 rings (SSSR count). The molecular weight excluding hydrogens is 236 g/mol. The Morgan fingerprint density at radius 3 is 2.82 bits per heavy atom. The molecule has 17 heavy (non-hydrogen) atoms. The molecular formula is C10H5F2NO4. The van der Waals surface area contributed by atoms with Crippen LogP contribution < -0.4 is 15.1 Å². The molecule has 1 aromatic heterocycles. The molecule has 0 fully saturated rings. The zero-order valence-electron chi connectivity index (χ0n) is 8.49. The minimum atomic E-state index is -2.14. The highest BCUT2D eigenvalue weighted by atomic mass is 19.2. The van der Waals surface area contributed by atoms with Gasteiger partial charge >= 0.3 is 12.2 Å². The summed E-state index contributed by atoms with van der Waals surface area (Å²) in [5.41, 5.74) is -0.647. The molecule has 0 aliphatic carbocycles. The maximum Gasteiger partial charge on any atom is 0.397 e. The second-order valence-corrected chi connectivity index (χ2v) is 3.47. The molecule has 7 heteroatoms. The summed E-state index contributed by atoms with van der Waals surface area (Å²) in [5.74, 6) is -1.54. The van der Waals surface area contributed by atoms with Gasteiger partial charge in [0.2, 0.25) is 5.75 Å². The lowest BCUT2D eigenvalue weighted by Crippen LogP contribution is -2.10. The SMILES string of the molecule is Cc1c(F)c2c(c3c(=O)ocnc13)OC(F)O2. The van der Waals surface area contributed by atoms with Gasteiger partial charge in [-0.15, -0.1) is 0 Å². The van der Waals surface area contributed by atoms with E-state index in [0.717, 1.165) is 6.39 Å². The Morgan fingerprint density at radius 2 is 2.06 bits per heavy atom. The molecule has 0 saturated heterocycles. The van der Waals surface area contributed by atoms with Crippen molar-refractivity contribution in [2.24, 2.45) is 0 Å². The number of aromatic nitrogens is 1. The van der Waals surface area contributed by atoms with Crippen LogP contribution in [0.25, 0.3) is 10.9 Å². The van der Waals surface area contributed by atoms with Crippen LogP contribution in [0.2, 0.25) is 0 Å². The quantitative estimate of drug-likeness (QED) is 0.701. The van der Waals surface area contributed by atoms with Gasteiger partial charge in [0, 0.05) is 5.56 Å². The van der Waals surface area contributed by atoms with Gasteiger partial charge in [0.15, 0.2) is 18.0 Å². The van der Waals surface area contributed by atoms with Gasteiger partial charge in [0.1, 0.15) is 5.39 Å². The topological polar surface area (TPSA) is 61.6 Å². The van der Waals surface area contributed by atoms with Gasteiger partial charge in [-0.1, -0.05) is 0 Å². The van der Waals surface area contributed by atoms with Crippen LogP contribution in [0, 0.1) is 12.7 Å². The van der Waals surface area contributed by atoms with E-state index in [1.807, 2.05) is 0 Å². The van der Waals surface area contributed by atoms with Gasteiger partial charge in [0.05, 0.1) is 5.52 Å². The molecule has 0 N–H and O–H groups in total. The average Bonchev–Trinajstić information content (AvgIpc) is 2.68. The van der Waals surface area contributed by atoms with Crippen molar-refractivity contribution in [2.75, 3.05) is 0 Å². The van der Waals surface area contributed by atoms with Crippen molar-refractivity contribution in [3.05, 3.63) is 28.2 Å². The molecule has 5 nitrogen and oxygen atoms in total. The molecule has 0 radical (unpaired) electrons. The van der Waals surface area contributed by atoms with Crippen molar-refractivity contribution < 1.29 is 22.7 Å². The van der Waals surface area contributed by atoms with E-state index in [-0.39, 0.29) is 22.2 Å². The third-order valence-electron chi connectivity index (χ3n) is 2.52. The summed E-state index contributed by atoms with van der Waals surface area (Å²) >= 11 is 0. The lowest BCUT2D eigenvalue weighted by molar-refractivity contribution is -0.0659. The average molecular weight is 241 g/mol. The van der Waals surface area contributed by atoms with Crippen molar-refractivity contribution in [1.29, 1.82) is 0 Å². The maximum atomic E-state index is 13.8. The number of rotatable bonds is 0. The highest BCUT2D eigenvalue weighted by molar-refractivity contribution is 5.89. The van der Waals surface area contributed by atoms with Crippen LogP contribution in [0.15, 0.2) is 15.6 Å². The first-order chi connectivity index (χ1) is 8.09. The predicted octanol–water partition coefficient (Wildman–Crippen LogP) is 1.66. The van der Waals surface area contributed by atoms with Crippen molar-refractivity contribution in [3.8, 4) is 11.5 Å². The number of hydrogen-bond acceptors (Lipinski definition) is 5. The van der Waals surface area contributed by atoms with Gasteiger partial charge in [-0.05, 0) is 6.92 Å². The first kappa shape index (κ1) is 10.0. The third-order valence-corrected chi connectivity index (χ3v) is 2.52. The summed E-state index contributed by atoms with van der Waals surface area (Å²) in [6, 6.07) is 0. The molecule has 88 valence electrons. The Hall–Kier alpha value is -2.18. The minimum Gasteiger partial charge on any atom is -0.424 e. The summed E-state index contributed by atoms with van der Waals surface area (Å²) in [6.07, 6.45) is 0.895. The Balaban J connectivity index is 2.54. The van der Waals surface area contributed by atoms with Crippen LogP contribution in [-0.4, -0.2) is 11.5 Å². The van der Waals surface area contributed by atoms with Crippen LogP contribution in [0.4, 0.5) is 8.78 Å². The van der Waals surface area contributed by atoms with E-state index >= 15 is 0 Å². The van der Waals surface area contributed by atoms with Gasteiger partial charge in [0.25, 0.3) is 0 Å². The largest absolute Gasteiger partial charge is 0.424 e. The predicted molar refractivity (Wildman–Crippen MR) is 51.1 cm³/mol. The Morgan fingerprint density at radius 1 is 1.35 bits per heavy atom. The summed E-state index contributed by atoms with van der Waals surface area (Å²) in [6.45, 7) is -0.733. The second-order valence-electron chi connectivity index (χ2n) is 3.47. The fourth-order valence-corrected chi connectivity index (χ4v) is 1.75. The standard InChI is InChI=1S/C10H5F2NO4/c1-3-5(11)8-7(16-10(12)17-8)4-6(3)13-2-15-9(4)14/h2,10H,1H3. The van der Waals surface area contributed by atoms with Crippen LogP contribution >= 0.6 is 0 Å². The van der Waals surface area contributed by atoms with Crippen LogP contribution in [0.1, 0.15) is 5.56 Å². The molecule has 2 aromatic rings. The minimum absolute atomic E-state index is 0.0650. The lowest BCUT2D eigenvalue weighted by atomic mass is 10.1. The normalized spacial score (nSPS) is 17.7. The number of halogens is 2.